The molecule has 0 radical (unpaired) electrons. The van der Waals surface area contributed by atoms with Crippen LogP contribution in [-0.2, 0) is 6.42 Å². The van der Waals surface area contributed by atoms with Gasteiger partial charge in [-0.1, -0.05) is 6.07 Å². The van der Waals surface area contributed by atoms with E-state index in [1.54, 1.807) is 25.3 Å². The maximum absolute atomic E-state index is 13.2. The number of amides is 1. The van der Waals surface area contributed by atoms with E-state index < -0.39 is 11.6 Å². The predicted octanol–water partition coefficient (Wildman–Crippen LogP) is 3.30. The summed E-state index contributed by atoms with van der Waals surface area (Å²) in [5.41, 5.74) is 1.60. The second-order valence-electron chi connectivity index (χ2n) is 5.48. The topological polar surface area (TPSA) is 67.8 Å². The van der Waals surface area contributed by atoms with Crippen LogP contribution in [0.1, 0.15) is 27.3 Å². The minimum atomic E-state index is -0.618. The average molecular weight is 340 g/mol. The van der Waals surface area contributed by atoms with E-state index in [9.17, 15) is 13.6 Å². The Bertz CT molecular complexity index is 876. The molecule has 3 aromatic rings. The summed E-state index contributed by atoms with van der Waals surface area (Å²) >= 11 is 0. The van der Waals surface area contributed by atoms with Crippen LogP contribution in [0.15, 0.2) is 48.9 Å². The Balaban J connectivity index is 1.67. The highest BCUT2D eigenvalue weighted by molar-refractivity contribution is 6.03. The first-order valence-electron chi connectivity index (χ1n) is 7.49. The Morgan fingerprint density at radius 2 is 1.64 bits per heavy atom. The third-order valence-electron chi connectivity index (χ3n) is 3.44. The Labute approximate surface area is 142 Å². The van der Waals surface area contributed by atoms with Gasteiger partial charge >= 0.3 is 0 Å². The molecule has 0 aliphatic rings. The quantitative estimate of drug-likeness (QED) is 0.791. The monoisotopic (exact) mass is 340 g/mol. The molecule has 2 aromatic heterocycles. The molecule has 0 saturated heterocycles. The second-order valence-corrected chi connectivity index (χ2v) is 5.48. The molecule has 0 aliphatic heterocycles. The van der Waals surface area contributed by atoms with E-state index in [0.29, 0.717) is 29.2 Å². The molecule has 7 heteroatoms. The number of pyridine rings is 1. The van der Waals surface area contributed by atoms with Crippen molar-refractivity contribution in [1.29, 1.82) is 0 Å². The molecular weight excluding hydrogens is 326 g/mol. The highest BCUT2D eigenvalue weighted by Gasteiger charge is 2.08. The molecular formula is C18H14F2N4O. The van der Waals surface area contributed by atoms with Gasteiger partial charge in [-0.3, -0.25) is 4.79 Å². The Morgan fingerprint density at radius 1 is 0.960 bits per heavy atom. The van der Waals surface area contributed by atoms with Crippen LogP contribution in [0.3, 0.4) is 0 Å². The maximum atomic E-state index is 13.2. The van der Waals surface area contributed by atoms with E-state index in [2.05, 4.69) is 20.3 Å². The molecule has 1 N–H and O–H groups in total. The molecule has 126 valence electrons. The number of halogens is 2. The van der Waals surface area contributed by atoms with E-state index in [1.165, 1.54) is 24.5 Å². The van der Waals surface area contributed by atoms with Gasteiger partial charge in [-0.2, -0.15) is 0 Å². The minimum absolute atomic E-state index is 0.326. The van der Waals surface area contributed by atoms with E-state index in [1.807, 2.05) is 0 Å². The van der Waals surface area contributed by atoms with Gasteiger partial charge in [0.15, 0.2) is 0 Å². The van der Waals surface area contributed by atoms with Gasteiger partial charge in [-0.15, -0.1) is 0 Å². The van der Waals surface area contributed by atoms with Gasteiger partial charge in [0.2, 0.25) is 0 Å². The third-order valence-corrected chi connectivity index (χ3v) is 3.44. The Morgan fingerprint density at radius 3 is 2.24 bits per heavy atom. The lowest BCUT2D eigenvalue weighted by molar-refractivity contribution is 0.102. The Hall–Kier alpha value is -3.22. The summed E-state index contributed by atoms with van der Waals surface area (Å²) in [7, 11) is 0. The lowest BCUT2D eigenvalue weighted by atomic mass is 10.1. The average Bonchev–Trinajstić information content (AvgIpc) is 2.56. The molecule has 3 rings (SSSR count). The van der Waals surface area contributed by atoms with Crippen LogP contribution in [0.2, 0.25) is 0 Å². The van der Waals surface area contributed by atoms with Crippen molar-refractivity contribution in [2.45, 2.75) is 13.3 Å². The second kappa shape index (κ2) is 7.12. The van der Waals surface area contributed by atoms with Crippen molar-refractivity contribution in [2.24, 2.45) is 0 Å². The van der Waals surface area contributed by atoms with Crippen molar-refractivity contribution in [2.75, 3.05) is 5.32 Å². The summed E-state index contributed by atoms with van der Waals surface area (Å²) in [5, 5.41) is 2.64. The first-order valence-corrected chi connectivity index (χ1v) is 7.49. The van der Waals surface area contributed by atoms with Crippen molar-refractivity contribution < 1.29 is 13.6 Å². The van der Waals surface area contributed by atoms with Crippen LogP contribution in [0.5, 0.6) is 0 Å². The first-order chi connectivity index (χ1) is 12.0. The van der Waals surface area contributed by atoms with Gasteiger partial charge in [0.1, 0.15) is 23.3 Å². The summed E-state index contributed by atoms with van der Waals surface area (Å²) in [5.74, 6) is -0.667. The largest absolute Gasteiger partial charge is 0.306 e. The fraction of sp³-hybridized carbons (Fsp3) is 0.111. The van der Waals surface area contributed by atoms with E-state index in [0.717, 1.165) is 11.6 Å². The number of hydrogen-bond acceptors (Lipinski definition) is 4. The molecule has 1 aromatic carbocycles. The standard InChI is InChI=1S/C18H14F2N4O/c1-11-21-9-14(10-22-11)18(25)24-17-3-2-12(8-23-17)4-13-5-15(19)7-16(20)6-13/h2-3,5-10H,4H2,1H3,(H,23,24,25). The van der Waals surface area contributed by atoms with Crippen molar-refractivity contribution in [3.8, 4) is 0 Å². The lowest BCUT2D eigenvalue weighted by Crippen LogP contribution is -2.13. The van der Waals surface area contributed by atoms with Crippen LogP contribution in [-0.4, -0.2) is 20.9 Å². The zero-order chi connectivity index (χ0) is 17.8. The van der Waals surface area contributed by atoms with Gasteiger partial charge in [-0.25, -0.2) is 23.7 Å². The minimum Gasteiger partial charge on any atom is -0.306 e. The van der Waals surface area contributed by atoms with Crippen molar-refractivity contribution in [3.63, 3.8) is 0 Å². The van der Waals surface area contributed by atoms with E-state index >= 15 is 0 Å². The van der Waals surface area contributed by atoms with Gasteiger partial charge in [0, 0.05) is 24.7 Å². The molecule has 0 saturated carbocycles. The summed E-state index contributed by atoms with van der Waals surface area (Å²) in [6.45, 7) is 1.73. The van der Waals surface area contributed by atoms with Gasteiger partial charge in [-0.05, 0) is 42.7 Å². The van der Waals surface area contributed by atoms with Gasteiger partial charge < -0.3 is 5.32 Å². The maximum Gasteiger partial charge on any atom is 0.259 e. The molecule has 5 nitrogen and oxygen atoms in total. The lowest BCUT2D eigenvalue weighted by Gasteiger charge is -2.06. The molecule has 2 heterocycles. The smallest absolute Gasteiger partial charge is 0.259 e. The number of carbonyl (C=O) groups is 1. The zero-order valence-electron chi connectivity index (χ0n) is 13.3. The number of nitrogens with zero attached hydrogens (tertiary/aromatic N) is 3. The number of anilines is 1. The Kier molecular flexibility index (Phi) is 4.74. The van der Waals surface area contributed by atoms with Crippen molar-refractivity contribution in [1.82, 2.24) is 15.0 Å². The van der Waals surface area contributed by atoms with Gasteiger partial charge in [0.25, 0.3) is 5.91 Å². The van der Waals surface area contributed by atoms with Crippen molar-refractivity contribution >= 4 is 11.7 Å². The van der Waals surface area contributed by atoms with Crippen LogP contribution in [0, 0.1) is 18.6 Å². The highest BCUT2D eigenvalue weighted by Crippen LogP contribution is 2.14. The number of rotatable bonds is 4. The molecule has 25 heavy (non-hydrogen) atoms. The fourth-order valence-electron chi connectivity index (χ4n) is 2.25. The molecule has 0 bridgehead atoms. The SMILES string of the molecule is Cc1ncc(C(=O)Nc2ccc(Cc3cc(F)cc(F)c3)cn2)cn1. The summed E-state index contributed by atoms with van der Waals surface area (Å²) in [6.07, 6.45) is 4.75. The first kappa shape index (κ1) is 16.6. The van der Waals surface area contributed by atoms with Crippen molar-refractivity contribution in [3.05, 3.63) is 83.1 Å². The van der Waals surface area contributed by atoms with E-state index in [4.69, 9.17) is 0 Å². The number of aryl methyl sites for hydroxylation is 1. The molecule has 0 unspecified atom stereocenters. The highest BCUT2D eigenvalue weighted by atomic mass is 19.1. The zero-order valence-corrected chi connectivity index (χ0v) is 13.3. The van der Waals surface area contributed by atoms with Crippen LogP contribution in [0.4, 0.5) is 14.6 Å². The summed E-state index contributed by atoms with van der Waals surface area (Å²) in [4.78, 5) is 24.1. The summed E-state index contributed by atoms with van der Waals surface area (Å²) < 4.78 is 26.4. The number of hydrogen-bond donors (Lipinski definition) is 1. The number of carbonyl (C=O) groups excluding carboxylic acids is 1. The predicted molar refractivity (Wildman–Crippen MR) is 88.1 cm³/mol. The number of nitrogens with one attached hydrogen (secondary N) is 1. The van der Waals surface area contributed by atoms with Crippen LogP contribution < -0.4 is 5.32 Å². The molecule has 1 amide bonds. The molecule has 0 fully saturated rings. The third kappa shape index (κ3) is 4.41. The normalized spacial score (nSPS) is 10.5. The van der Waals surface area contributed by atoms with Crippen LogP contribution >= 0.6 is 0 Å². The van der Waals surface area contributed by atoms with E-state index in [-0.39, 0.29) is 5.91 Å². The molecule has 0 aliphatic carbocycles. The number of aromatic nitrogens is 3. The molecule has 0 atom stereocenters. The summed E-state index contributed by atoms with van der Waals surface area (Å²) in [6, 6.07) is 6.73. The molecule has 0 spiro atoms. The number of benzene rings is 1. The van der Waals surface area contributed by atoms with Gasteiger partial charge in [0.05, 0.1) is 5.56 Å². The van der Waals surface area contributed by atoms with Crippen LogP contribution in [0.25, 0.3) is 0 Å². The fourth-order valence-corrected chi connectivity index (χ4v) is 2.25.